The van der Waals surface area contributed by atoms with E-state index < -0.39 is 0 Å². The number of para-hydroxylation sites is 1. The molecular weight excluding hydrogens is 309 g/mol. The Bertz CT molecular complexity index is 198. The van der Waals surface area contributed by atoms with Crippen LogP contribution in [-0.2, 0) is 0 Å². The van der Waals surface area contributed by atoms with Crippen molar-refractivity contribution in [1.82, 2.24) is 0 Å². The molecule has 0 aliphatic rings. The van der Waals surface area contributed by atoms with Gasteiger partial charge in [0.1, 0.15) is 0 Å². The summed E-state index contributed by atoms with van der Waals surface area (Å²) in [4.78, 5) is 0. The van der Waals surface area contributed by atoms with Crippen LogP contribution in [0.25, 0.3) is 0 Å². The molecule has 1 aromatic carbocycles. The maximum absolute atomic E-state index is 5.16. The SMILES string of the molecule is Cc1ccccc1[O][Bi]. The minimum absolute atomic E-state index is 0.957. The van der Waals surface area contributed by atoms with E-state index in [0.29, 0.717) is 0 Å². The van der Waals surface area contributed by atoms with E-state index in [1.165, 1.54) is 5.56 Å². The quantitative estimate of drug-likeness (QED) is 0.713. The van der Waals surface area contributed by atoms with Crippen LogP contribution in [0.2, 0.25) is 0 Å². The van der Waals surface area contributed by atoms with E-state index in [4.69, 9.17) is 2.81 Å². The van der Waals surface area contributed by atoms with Gasteiger partial charge in [-0.2, -0.15) is 0 Å². The molecule has 0 aromatic heterocycles. The molecule has 0 fully saturated rings. The molecule has 2 heteroatoms. The number of hydrogen-bond acceptors (Lipinski definition) is 1. The number of benzene rings is 1. The molecular formula is C7H7BiO. The van der Waals surface area contributed by atoms with Crippen molar-refractivity contribution < 1.29 is 2.81 Å². The molecule has 0 N–H and O–H groups in total. The first-order valence-corrected chi connectivity index (χ1v) is 4.13. The molecule has 0 bridgehead atoms. The van der Waals surface area contributed by atoms with Gasteiger partial charge in [0.15, 0.2) is 0 Å². The van der Waals surface area contributed by atoms with Crippen molar-refractivity contribution in [3.63, 3.8) is 0 Å². The zero-order valence-corrected chi connectivity index (χ0v) is 8.64. The Morgan fingerprint density at radius 2 is 2.00 bits per heavy atom. The summed E-state index contributed by atoms with van der Waals surface area (Å²) < 4.78 is 5.16. The van der Waals surface area contributed by atoms with Crippen molar-refractivity contribution in [3.8, 4) is 5.75 Å². The van der Waals surface area contributed by atoms with E-state index in [1.54, 1.807) is 0 Å². The van der Waals surface area contributed by atoms with Gasteiger partial charge < -0.3 is 0 Å². The average molecular weight is 316 g/mol. The monoisotopic (exact) mass is 316 g/mol. The van der Waals surface area contributed by atoms with Crippen LogP contribution in [0.3, 0.4) is 0 Å². The van der Waals surface area contributed by atoms with Crippen LogP contribution < -0.4 is 2.81 Å². The van der Waals surface area contributed by atoms with Crippen LogP contribution in [0.4, 0.5) is 0 Å². The second-order valence-corrected chi connectivity index (χ2v) is 2.57. The minimum atomic E-state index is 0.957. The molecule has 0 unspecified atom stereocenters. The van der Waals surface area contributed by atoms with Crippen molar-refractivity contribution >= 4 is 25.2 Å². The topological polar surface area (TPSA) is 9.23 Å². The van der Waals surface area contributed by atoms with Crippen LogP contribution in [0.15, 0.2) is 24.3 Å². The Hall–Kier alpha value is -0.0969. The van der Waals surface area contributed by atoms with Gasteiger partial charge in [-0.25, -0.2) is 0 Å². The summed E-state index contributed by atoms with van der Waals surface area (Å²) in [6, 6.07) is 8.02. The zero-order chi connectivity index (χ0) is 6.69. The van der Waals surface area contributed by atoms with Gasteiger partial charge in [0.25, 0.3) is 0 Å². The van der Waals surface area contributed by atoms with Crippen molar-refractivity contribution in [1.29, 1.82) is 0 Å². The summed E-state index contributed by atoms with van der Waals surface area (Å²) in [7, 11) is 0. The molecule has 0 atom stereocenters. The molecule has 0 heterocycles. The van der Waals surface area contributed by atoms with E-state index >= 15 is 0 Å². The third-order valence-electron chi connectivity index (χ3n) is 1.19. The van der Waals surface area contributed by atoms with Crippen LogP contribution in [0.5, 0.6) is 5.75 Å². The van der Waals surface area contributed by atoms with Gasteiger partial charge >= 0.3 is 70.5 Å². The number of rotatable bonds is 1. The summed E-state index contributed by atoms with van der Waals surface area (Å²) in [6.07, 6.45) is 0. The fourth-order valence-electron chi connectivity index (χ4n) is 0.659. The van der Waals surface area contributed by atoms with E-state index in [1.807, 2.05) is 31.2 Å². The van der Waals surface area contributed by atoms with Gasteiger partial charge in [0, 0.05) is 0 Å². The normalized spacial score (nSPS) is 9.11. The Kier molecular flexibility index (Phi) is 2.47. The predicted octanol–water partition coefficient (Wildman–Crippen LogP) is 1.46. The predicted molar refractivity (Wildman–Crippen MR) is 37.6 cm³/mol. The summed E-state index contributed by atoms with van der Waals surface area (Å²) in [5.41, 5.74) is 1.21. The first-order valence-electron chi connectivity index (χ1n) is 2.71. The Morgan fingerprint density at radius 3 is 2.44 bits per heavy atom. The van der Waals surface area contributed by atoms with E-state index in [9.17, 15) is 0 Å². The average Bonchev–Trinajstić information content (AvgIpc) is 1.89. The molecule has 0 aliphatic heterocycles. The Balaban J connectivity index is 3.01. The Morgan fingerprint density at radius 1 is 1.33 bits per heavy atom. The molecule has 0 aliphatic carbocycles. The summed E-state index contributed by atoms with van der Waals surface area (Å²) >= 11 is 0.957. The third kappa shape index (κ3) is 1.65. The van der Waals surface area contributed by atoms with Crippen LogP contribution in [-0.4, -0.2) is 25.2 Å². The molecule has 1 rings (SSSR count). The molecule has 46 valence electrons. The number of aryl methyl sites for hydroxylation is 1. The summed E-state index contributed by atoms with van der Waals surface area (Å²) in [5.74, 6) is 1.01. The molecule has 1 aromatic rings. The fourth-order valence-corrected chi connectivity index (χ4v) is 1.46. The molecule has 0 amide bonds. The van der Waals surface area contributed by atoms with Gasteiger partial charge in [-0.1, -0.05) is 0 Å². The standard InChI is InChI=1S/C7H8O.Bi/c1-6-4-2-3-5-7(6)8;/h2-5,8H,1H3;/q;+1/p-1. The zero-order valence-electron chi connectivity index (χ0n) is 5.16. The molecule has 0 saturated heterocycles. The molecule has 9 heavy (non-hydrogen) atoms. The van der Waals surface area contributed by atoms with Crippen molar-refractivity contribution in [2.45, 2.75) is 6.92 Å². The number of hydrogen-bond donors (Lipinski definition) is 0. The summed E-state index contributed by atoms with van der Waals surface area (Å²) in [5, 5.41) is 0. The van der Waals surface area contributed by atoms with E-state index in [2.05, 4.69) is 0 Å². The van der Waals surface area contributed by atoms with E-state index in [0.717, 1.165) is 30.9 Å². The molecule has 0 saturated carbocycles. The first-order chi connectivity index (χ1) is 4.34. The van der Waals surface area contributed by atoms with Gasteiger partial charge in [0.2, 0.25) is 0 Å². The van der Waals surface area contributed by atoms with Gasteiger partial charge in [-0.15, -0.1) is 0 Å². The third-order valence-corrected chi connectivity index (χ3v) is 1.96. The first kappa shape index (κ1) is 7.02. The summed E-state index contributed by atoms with van der Waals surface area (Å²) in [6.45, 7) is 2.04. The van der Waals surface area contributed by atoms with Crippen LogP contribution >= 0.6 is 0 Å². The van der Waals surface area contributed by atoms with Gasteiger partial charge in [0.05, 0.1) is 0 Å². The van der Waals surface area contributed by atoms with Crippen molar-refractivity contribution in [2.75, 3.05) is 0 Å². The van der Waals surface area contributed by atoms with E-state index in [-0.39, 0.29) is 0 Å². The van der Waals surface area contributed by atoms with Crippen LogP contribution in [0.1, 0.15) is 5.56 Å². The second-order valence-electron chi connectivity index (χ2n) is 1.86. The second kappa shape index (κ2) is 3.17. The molecule has 0 spiro atoms. The maximum atomic E-state index is 5.16. The van der Waals surface area contributed by atoms with Gasteiger partial charge in [-0.3, -0.25) is 0 Å². The van der Waals surface area contributed by atoms with Gasteiger partial charge in [-0.05, 0) is 0 Å². The fraction of sp³-hybridized carbons (Fsp3) is 0.143. The molecule has 2 radical (unpaired) electrons. The van der Waals surface area contributed by atoms with Crippen LogP contribution in [0, 0.1) is 6.92 Å². The Labute approximate surface area is 70.5 Å². The van der Waals surface area contributed by atoms with Crippen molar-refractivity contribution in [3.05, 3.63) is 29.8 Å². The molecule has 1 nitrogen and oxygen atoms in total. The van der Waals surface area contributed by atoms with Crippen molar-refractivity contribution in [2.24, 2.45) is 0 Å².